The molecule has 1 aliphatic rings. The minimum atomic E-state index is -0.507. The Morgan fingerprint density at radius 2 is 1.81 bits per heavy atom. The van der Waals surface area contributed by atoms with Crippen molar-refractivity contribution < 1.29 is 14.6 Å². The smallest absolute Gasteiger partial charge is 0.263 e. The molecule has 26 heavy (non-hydrogen) atoms. The lowest BCUT2D eigenvalue weighted by Crippen LogP contribution is -2.45. The molecule has 1 amide bonds. The lowest BCUT2D eigenvalue weighted by atomic mass is 9.87. The monoisotopic (exact) mass is 353 g/mol. The van der Waals surface area contributed by atoms with Gasteiger partial charge in [-0.15, -0.1) is 0 Å². The summed E-state index contributed by atoms with van der Waals surface area (Å²) in [4.78, 5) is 14.5. The predicted octanol–water partition coefficient (Wildman–Crippen LogP) is 3.73. The molecule has 1 N–H and O–H groups in total. The van der Waals surface area contributed by atoms with E-state index in [0.717, 1.165) is 29.7 Å². The molecule has 0 aromatic heterocycles. The molecular weight excluding hydrogens is 326 g/mol. The molecule has 4 nitrogen and oxygen atoms in total. The fourth-order valence-corrected chi connectivity index (χ4v) is 3.56. The summed E-state index contributed by atoms with van der Waals surface area (Å²) in [6.07, 6.45) is 0.639. The summed E-state index contributed by atoms with van der Waals surface area (Å²) in [6.45, 7) is 5.13. The normalized spacial score (nSPS) is 17.6. The molecule has 0 radical (unpaired) electrons. The summed E-state index contributed by atoms with van der Waals surface area (Å²) in [5.74, 6) is 0.925. The second-order valence-electron chi connectivity index (χ2n) is 7.09. The molecule has 1 aliphatic heterocycles. The molecular formula is C22H27NO3. The van der Waals surface area contributed by atoms with Crippen molar-refractivity contribution in [2.24, 2.45) is 5.92 Å². The van der Waals surface area contributed by atoms with Crippen LogP contribution in [0.25, 0.3) is 0 Å². The average Bonchev–Trinajstić information content (AvgIpc) is 2.67. The van der Waals surface area contributed by atoms with E-state index < -0.39 is 12.2 Å². The number of likely N-dealkylation sites (tertiary alicyclic amines) is 1. The highest BCUT2D eigenvalue weighted by molar-refractivity contribution is 5.81. The van der Waals surface area contributed by atoms with Gasteiger partial charge >= 0.3 is 0 Å². The number of aliphatic hydroxyl groups is 1. The molecule has 0 spiro atoms. The third kappa shape index (κ3) is 4.44. The molecule has 1 fully saturated rings. The molecule has 2 unspecified atom stereocenters. The first-order valence-electron chi connectivity index (χ1n) is 9.29. The predicted molar refractivity (Wildman–Crippen MR) is 102 cm³/mol. The Labute approximate surface area is 155 Å². The Kier molecular flexibility index (Phi) is 5.94. The highest BCUT2D eigenvalue weighted by atomic mass is 16.5. The fraction of sp³-hybridized carbons (Fsp3) is 0.409. The van der Waals surface area contributed by atoms with Crippen molar-refractivity contribution in [2.45, 2.75) is 38.9 Å². The van der Waals surface area contributed by atoms with Gasteiger partial charge in [0.25, 0.3) is 5.91 Å². The number of amides is 1. The third-order valence-corrected chi connectivity index (χ3v) is 5.09. The Morgan fingerprint density at radius 1 is 1.12 bits per heavy atom. The van der Waals surface area contributed by atoms with E-state index in [1.807, 2.05) is 66.4 Å². The zero-order valence-electron chi connectivity index (χ0n) is 15.5. The maximum Gasteiger partial charge on any atom is 0.263 e. The first-order chi connectivity index (χ1) is 12.5. The second-order valence-corrected chi connectivity index (χ2v) is 7.09. The van der Waals surface area contributed by atoms with Gasteiger partial charge in [-0.2, -0.15) is 0 Å². The molecule has 2 aromatic carbocycles. The molecule has 138 valence electrons. The summed E-state index contributed by atoms with van der Waals surface area (Å²) >= 11 is 0. The number of aliphatic hydroxyl groups excluding tert-OH is 1. The number of hydrogen-bond acceptors (Lipinski definition) is 3. The van der Waals surface area contributed by atoms with Crippen LogP contribution in [0.15, 0.2) is 54.6 Å². The van der Waals surface area contributed by atoms with Crippen LogP contribution in [0.4, 0.5) is 0 Å². The van der Waals surface area contributed by atoms with E-state index in [2.05, 4.69) is 0 Å². The first-order valence-corrected chi connectivity index (χ1v) is 9.29. The maximum absolute atomic E-state index is 12.7. The van der Waals surface area contributed by atoms with Crippen LogP contribution in [0.1, 0.15) is 37.0 Å². The number of nitrogens with zero attached hydrogens (tertiary/aromatic N) is 1. The van der Waals surface area contributed by atoms with Crippen LogP contribution in [0.3, 0.4) is 0 Å². The molecule has 3 rings (SSSR count). The van der Waals surface area contributed by atoms with E-state index in [4.69, 9.17) is 4.74 Å². The number of aryl methyl sites for hydroxylation is 1. The van der Waals surface area contributed by atoms with Crippen molar-refractivity contribution in [1.29, 1.82) is 0 Å². The molecule has 1 heterocycles. The Morgan fingerprint density at radius 3 is 2.46 bits per heavy atom. The van der Waals surface area contributed by atoms with Crippen LogP contribution < -0.4 is 4.74 Å². The van der Waals surface area contributed by atoms with Crippen LogP contribution in [-0.4, -0.2) is 35.1 Å². The van der Waals surface area contributed by atoms with E-state index in [1.54, 1.807) is 6.92 Å². The first kappa shape index (κ1) is 18.5. The van der Waals surface area contributed by atoms with Crippen LogP contribution in [-0.2, 0) is 4.79 Å². The van der Waals surface area contributed by atoms with Crippen LogP contribution in [0, 0.1) is 12.8 Å². The van der Waals surface area contributed by atoms with Gasteiger partial charge in [0.1, 0.15) is 5.75 Å². The molecule has 0 bridgehead atoms. The van der Waals surface area contributed by atoms with Gasteiger partial charge < -0.3 is 14.7 Å². The summed E-state index contributed by atoms with van der Waals surface area (Å²) in [5, 5.41) is 10.6. The molecule has 1 saturated heterocycles. The van der Waals surface area contributed by atoms with Crippen LogP contribution in [0.2, 0.25) is 0 Å². The second kappa shape index (κ2) is 8.37. The van der Waals surface area contributed by atoms with Gasteiger partial charge in [-0.25, -0.2) is 0 Å². The van der Waals surface area contributed by atoms with Crippen LogP contribution in [0.5, 0.6) is 5.75 Å². The van der Waals surface area contributed by atoms with Gasteiger partial charge in [0.05, 0.1) is 6.10 Å². The number of carbonyl (C=O) groups excluding carboxylic acids is 1. The fourth-order valence-electron chi connectivity index (χ4n) is 3.56. The summed E-state index contributed by atoms with van der Waals surface area (Å²) in [5.41, 5.74) is 2.06. The van der Waals surface area contributed by atoms with Gasteiger partial charge in [0.15, 0.2) is 6.10 Å². The molecule has 2 atom stereocenters. The Hall–Kier alpha value is -2.33. The van der Waals surface area contributed by atoms with Gasteiger partial charge in [-0.3, -0.25) is 4.79 Å². The van der Waals surface area contributed by atoms with Crippen molar-refractivity contribution in [3.63, 3.8) is 0 Å². The lowest BCUT2D eigenvalue weighted by molar-refractivity contribution is -0.140. The Bertz CT molecular complexity index is 723. The number of rotatable bonds is 5. The van der Waals surface area contributed by atoms with E-state index in [-0.39, 0.29) is 11.8 Å². The van der Waals surface area contributed by atoms with Crippen molar-refractivity contribution in [2.75, 3.05) is 13.1 Å². The van der Waals surface area contributed by atoms with E-state index in [1.165, 1.54) is 0 Å². The summed E-state index contributed by atoms with van der Waals surface area (Å²) in [6, 6.07) is 17.5. The summed E-state index contributed by atoms with van der Waals surface area (Å²) < 4.78 is 5.81. The third-order valence-electron chi connectivity index (χ3n) is 5.09. The Balaban J connectivity index is 1.53. The molecule has 2 aromatic rings. The van der Waals surface area contributed by atoms with Crippen molar-refractivity contribution >= 4 is 5.91 Å². The van der Waals surface area contributed by atoms with Gasteiger partial charge in [0, 0.05) is 13.1 Å². The summed E-state index contributed by atoms with van der Waals surface area (Å²) in [7, 11) is 0. The van der Waals surface area contributed by atoms with Gasteiger partial charge in [0.2, 0.25) is 0 Å². The average molecular weight is 353 g/mol. The quantitative estimate of drug-likeness (QED) is 0.891. The number of ether oxygens (including phenoxy) is 1. The van der Waals surface area contributed by atoms with Crippen molar-refractivity contribution in [3.05, 3.63) is 65.7 Å². The number of piperidine rings is 1. The van der Waals surface area contributed by atoms with Crippen LogP contribution >= 0.6 is 0 Å². The van der Waals surface area contributed by atoms with Gasteiger partial charge in [-0.1, -0.05) is 42.5 Å². The minimum Gasteiger partial charge on any atom is -0.481 e. The van der Waals surface area contributed by atoms with E-state index >= 15 is 0 Å². The number of benzene rings is 2. The highest BCUT2D eigenvalue weighted by Gasteiger charge is 2.30. The van der Waals surface area contributed by atoms with Crippen molar-refractivity contribution in [1.82, 2.24) is 4.90 Å². The zero-order chi connectivity index (χ0) is 18.5. The highest BCUT2D eigenvalue weighted by Crippen LogP contribution is 2.31. The SMILES string of the molecule is Cc1cccc(OC(C)C(=O)N2CCC(C(O)c3ccccc3)CC2)c1. The van der Waals surface area contributed by atoms with Gasteiger partial charge in [-0.05, 0) is 55.9 Å². The number of hydrogen-bond donors (Lipinski definition) is 1. The molecule has 4 heteroatoms. The standard InChI is InChI=1S/C22H27NO3/c1-16-7-6-10-20(15-16)26-17(2)22(25)23-13-11-19(12-14-23)21(24)18-8-4-3-5-9-18/h3-10,15,17,19,21,24H,11-14H2,1-2H3. The molecule has 0 saturated carbocycles. The van der Waals surface area contributed by atoms with E-state index in [9.17, 15) is 9.90 Å². The number of carbonyl (C=O) groups is 1. The maximum atomic E-state index is 12.7. The van der Waals surface area contributed by atoms with E-state index in [0.29, 0.717) is 13.1 Å². The largest absolute Gasteiger partial charge is 0.481 e. The molecule has 0 aliphatic carbocycles. The van der Waals surface area contributed by atoms with Crippen molar-refractivity contribution in [3.8, 4) is 5.75 Å². The zero-order valence-corrected chi connectivity index (χ0v) is 15.5. The minimum absolute atomic E-state index is 0.0131. The lowest BCUT2D eigenvalue weighted by Gasteiger charge is -2.35. The topological polar surface area (TPSA) is 49.8 Å².